The quantitative estimate of drug-likeness (QED) is 0.711. The molecule has 2 aromatic rings. The van der Waals surface area contributed by atoms with Gasteiger partial charge in [-0.2, -0.15) is 0 Å². The predicted molar refractivity (Wildman–Crippen MR) is 121 cm³/mol. The van der Waals surface area contributed by atoms with Crippen LogP contribution in [0.25, 0.3) is 0 Å². The van der Waals surface area contributed by atoms with E-state index >= 15 is 0 Å². The third-order valence-electron chi connectivity index (χ3n) is 5.57. The van der Waals surface area contributed by atoms with Crippen LogP contribution in [0, 0.1) is 0 Å². The van der Waals surface area contributed by atoms with Crippen molar-refractivity contribution >= 4 is 35.0 Å². The summed E-state index contributed by atoms with van der Waals surface area (Å²) in [4.78, 5) is 32.0. The van der Waals surface area contributed by atoms with Crippen LogP contribution in [0.5, 0.6) is 5.75 Å². The van der Waals surface area contributed by atoms with Gasteiger partial charge in [-0.25, -0.2) is 0 Å². The van der Waals surface area contributed by atoms with Crippen molar-refractivity contribution in [3.05, 3.63) is 48.5 Å². The summed E-state index contributed by atoms with van der Waals surface area (Å²) < 4.78 is 6.14. The molecule has 4 rings (SSSR count). The number of likely N-dealkylation sites (N-methyl/N-ethyl adjacent to an activating group) is 2. The summed E-state index contributed by atoms with van der Waals surface area (Å²) in [5.74, 6) is 1.36. The highest BCUT2D eigenvalue weighted by Gasteiger charge is 2.28. The minimum atomic E-state index is -0.0810. The number of amides is 2. The average Bonchev–Trinajstić information content (AvgIpc) is 2.77. The molecule has 2 aliphatic rings. The highest BCUT2D eigenvalue weighted by molar-refractivity contribution is 8.00. The van der Waals surface area contributed by atoms with E-state index in [1.165, 1.54) is 0 Å². The maximum absolute atomic E-state index is 12.8. The maximum Gasteiger partial charge on any atom is 0.237 e. The van der Waals surface area contributed by atoms with Crippen molar-refractivity contribution in [2.45, 2.75) is 24.3 Å². The molecular weight excluding hydrogens is 398 g/mol. The van der Waals surface area contributed by atoms with Gasteiger partial charge in [-0.05, 0) is 31.2 Å². The molecule has 30 heavy (non-hydrogen) atoms. The Morgan fingerprint density at radius 3 is 2.70 bits per heavy atom. The second-order valence-corrected chi connectivity index (χ2v) is 8.59. The fourth-order valence-corrected chi connectivity index (χ4v) is 4.91. The summed E-state index contributed by atoms with van der Waals surface area (Å²) in [6.45, 7) is 4.68. The fourth-order valence-electron chi connectivity index (χ4n) is 3.98. The Morgan fingerprint density at radius 1 is 1.17 bits per heavy atom. The van der Waals surface area contributed by atoms with E-state index < -0.39 is 0 Å². The summed E-state index contributed by atoms with van der Waals surface area (Å²) >= 11 is 1.55. The number of benzene rings is 2. The minimum Gasteiger partial charge on any atom is -0.485 e. The first-order valence-electron chi connectivity index (χ1n) is 10.3. The Labute approximate surface area is 181 Å². The number of thioether (sulfide) groups is 1. The SMILES string of the molecule is CCN1C[C@H](CN(C)C(=O)CCN2C(=O)CSc3ccccc32)Oc2ccccc21. The molecule has 2 aliphatic heterocycles. The Balaban J connectivity index is 1.35. The minimum absolute atomic E-state index is 0.0176. The normalized spacial score (nSPS) is 17.8. The third kappa shape index (κ3) is 4.26. The van der Waals surface area contributed by atoms with Crippen LogP contribution < -0.4 is 14.5 Å². The smallest absolute Gasteiger partial charge is 0.237 e. The number of hydrogen-bond donors (Lipinski definition) is 0. The van der Waals surface area contributed by atoms with Crippen LogP contribution in [-0.4, -0.2) is 61.8 Å². The zero-order chi connectivity index (χ0) is 21.1. The van der Waals surface area contributed by atoms with Crippen molar-refractivity contribution < 1.29 is 14.3 Å². The van der Waals surface area contributed by atoms with Crippen LogP contribution in [0.15, 0.2) is 53.4 Å². The molecule has 0 saturated carbocycles. The fraction of sp³-hybridized carbons (Fsp3) is 0.391. The molecule has 0 fully saturated rings. The summed E-state index contributed by atoms with van der Waals surface area (Å²) in [5, 5.41) is 0. The number of anilines is 2. The molecule has 1 atom stereocenters. The molecule has 0 spiro atoms. The summed E-state index contributed by atoms with van der Waals surface area (Å²) in [5.41, 5.74) is 2.00. The van der Waals surface area contributed by atoms with Gasteiger partial charge in [0.15, 0.2) is 0 Å². The van der Waals surface area contributed by atoms with E-state index in [4.69, 9.17) is 4.74 Å². The van der Waals surface area contributed by atoms with Gasteiger partial charge in [0.25, 0.3) is 0 Å². The lowest BCUT2D eigenvalue weighted by molar-refractivity contribution is -0.130. The molecule has 0 aliphatic carbocycles. The van der Waals surface area contributed by atoms with Crippen LogP contribution in [-0.2, 0) is 9.59 Å². The Bertz CT molecular complexity index is 935. The third-order valence-corrected chi connectivity index (χ3v) is 6.61. The summed E-state index contributed by atoms with van der Waals surface area (Å²) in [6.07, 6.45) is 0.213. The molecule has 0 aromatic heterocycles. The number of carbonyl (C=O) groups excluding carboxylic acids is 2. The van der Waals surface area contributed by atoms with Crippen molar-refractivity contribution in [1.29, 1.82) is 0 Å². The molecule has 2 amide bonds. The van der Waals surface area contributed by atoms with Crippen LogP contribution in [0.2, 0.25) is 0 Å². The lowest BCUT2D eigenvalue weighted by atomic mass is 10.1. The number of para-hydroxylation sites is 3. The van der Waals surface area contributed by atoms with Crippen molar-refractivity contribution in [3.63, 3.8) is 0 Å². The van der Waals surface area contributed by atoms with Gasteiger partial charge >= 0.3 is 0 Å². The predicted octanol–water partition coefficient (Wildman–Crippen LogP) is 3.26. The van der Waals surface area contributed by atoms with E-state index in [1.807, 2.05) is 49.5 Å². The first-order chi connectivity index (χ1) is 14.6. The van der Waals surface area contributed by atoms with Crippen LogP contribution in [0.4, 0.5) is 11.4 Å². The lowest BCUT2D eigenvalue weighted by Gasteiger charge is -2.37. The molecule has 0 bridgehead atoms. The van der Waals surface area contributed by atoms with Crippen LogP contribution >= 0.6 is 11.8 Å². The van der Waals surface area contributed by atoms with E-state index in [0.29, 0.717) is 25.3 Å². The summed E-state index contributed by atoms with van der Waals surface area (Å²) in [6, 6.07) is 15.9. The summed E-state index contributed by atoms with van der Waals surface area (Å²) in [7, 11) is 1.81. The Morgan fingerprint density at radius 2 is 1.90 bits per heavy atom. The molecule has 2 heterocycles. The van der Waals surface area contributed by atoms with Crippen LogP contribution in [0.3, 0.4) is 0 Å². The van der Waals surface area contributed by atoms with Crippen LogP contribution in [0.1, 0.15) is 13.3 Å². The maximum atomic E-state index is 12.8. The number of carbonyl (C=O) groups is 2. The molecule has 0 saturated heterocycles. The lowest BCUT2D eigenvalue weighted by Crippen LogP contribution is -2.47. The molecule has 0 radical (unpaired) electrons. The van der Waals surface area contributed by atoms with Gasteiger partial charge in [-0.3, -0.25) is 9.59 Å². The van der Waals surface area contributed by atoms with Gasteiger partial charge in [0, 0.05) is 31.5 Å². The van der Waals surface area contributed by atoms with Crippen molar-refractivity contribution in [3.8, 4) is 5.75 Å². The van der Waals surface area contributed by atoms with Gasteiger partial charge in [-0.15, -0.1) is 11.8 Å². The van der Waals surface area contributed by atoms with Crippen molar-refractivity contribution in [2.75, 3.05) is 48.8 Å². The zero-order valence-corrected chi connectivity index (χ0v) is 18.2. The molecule has 0 unspecified atom stereocenters. The van der Waals surface area contributed by atoms with Crippen molar-refractivity contribution in [1.82, 2.24) is 4.90 Å². The van der Waals surface area contributed by atoms with E-state index in [-0.39, 0.29) is 17.9 Å². The largest absolute Gasteiger partial charge is 0.485 e. The van der Waals surface area contributed by atoms with Gasteiger partial charge in [0.2, 0.25) is 11.8 Å². The molecular formula is C23H27N3O3S. The highest BCUT2D eigenvalue weighted by Crippen LogP contribution is 2.35. The van der Waals surface area contributed by atoms with E-state index in [9.17, 15) is 9.59 Å². The molecule has 6 nitrogen and oxygen atoms in total. The van der Waals surface area contributed by atoms with Gasteiger partial charge in [0.05, 0.1) is 30.2 Å². The van der Waals surface area contributed by atoms with Crippen molar-refractivity contribution in [2.24, 2.45) is 0 Å². The highest BCUT2D eigenvalue weighted by atomic mass is 32.2. The van der Waals surface area contributed by atoms with E-state index in [2.05, 4.69) is 17.9 Å². The van der Waals surface area contributed by atoms with E-state index in [0.717, 1.165) is 35.1 Å². The first kappa shape index (κ1) is 20.6. The topological polar surface area (TPSA) is 53.1 Å². The molecule has 158 valence electrons. The number of rotatable bonds is 6. The second kappa shape index (κ2) is 9.00. The van der Waals surface area contributed by atoms with Gasteiger partial charge in [-0.1, -0.05) is 24.3 Å². The number of ether oxygens (including phenoxy) is 1. The Kier molecular flexibility index (Phi) is 6.18. The zero-order valence-electron chi connectivity index (χ0n) is 17.4. The molecule has 2 aromatic carbocycles. The Hall–Kier alpha value is -2.67. The first-order valence-corrected chi connectivity index (χ1v) is 11.3. The number of fused-ring (bicyclic) bond motifs is 2. The monoisotopic (exact) mass is 425 g/mol. The number of nitrogens with zero attached hydrogens (tertiary/aromatic N) is 3. The standard InChI is InChI=1S/C23H27N3O3S/c1-3-25-15-17(29-20-10-6-4-8-18(20)25)14-24(2)22(27)12-13-26-19-9-5-7-11-21(19)30-16-23(26)28/h4-11,17H,3,12-16H2,1-2H3/t17-/m0/s1. The molecule has 7 heteroatoms. The molecule has 0 N–H and O–H groups in total. The second-order valence-electron chi connectivity index (χ2n) is 7.57. The van der Waals surface area contributed by atoms with E-state index in [1.54, 1.807) is 21.6 Å². The van der Waals surface area contributed by atoms with Gasteiger partial charge in [0.1, 0.15) is 11.9 Å². The van der Waals surface area contributed by atoms with Gasteiger partial charge < -0.3 is 19.4 Å². The average molecular weight is 426 g/mol. The number of hydrogen-bond acceptors (Lipinski definition) is 5.